The van der Waals surface area contributed by atoms with Crippen molar-refractivity contribution < 1.29 is 4.74 Å². The summed E-state index contributed by atoms with van der Waals surface area (Å²) in [5.41, 5.74) is 15.2. The molecule has 0 saturated heterocycles. The maximum Gasteiger partial charge on any atom is 0.166 e. The number of nitrogen functional groups attached to an aromatic ring is 1. The Bertz CT molecular complexity index is 1150. The van der Waals surface area contributed by atoms with Gasteiger partial charge in [-0.2, -0.15) is 0 Å². The summed E-state index contributed by atoms with van der Waals surface area (Å²) in [5, 5.41) is 1.19. The molecule has 5 rings (SSSR count). The van der Waals surface area contributed by atoms with E-state index in [9.17, 15) is 0 Å². The summed E-state index contributed by atoms with van der Waals surface area (Å²) in [6.45, 7) is 0.421. The third kappa shape index (κ3) is 5.12. The zero-order valence-corrected chi connectivity index (χ0v) is 18.9. The number of pyridine rings is 1. The molecular formula is C26H28N4OS. The lowest BCUT2D eigenvalue weighted by molar-refractivity contribution is 0.307. The third-order valence-corrected chi connectivity index (χ3v) is 7.34. The molecule has 2 aliphatic carbocycles. The number of rotatable bonds is 5. The molecule has 0 unspecified atom stereocenters. The molecule has 1 aromatic carbocycles. The summed E-state index contributed by atoms with van der Waals surface area (Å²) >= 11 is 1.73. The first kappa shape index (κ1) is 21.0. The highest BCUT2D eigenvalue weighted by Crippen LogP contribution is 2.38. The number of aromatic nitrogens is 2. The van der Waals surface area contributed by atoms with E-state index >= 15 is 0 Å². The Hall–Kier alpha value is -2.88. The van der Waals surface area contributed by atoms with Crippen LogP contribution in [0.15, 0.2) is 42.7 Å². The molecule has 164 valence electrons. The maximum absolute atomic E-state index is 6.10. The molecule has 0 spiro atoms. The van der Waals surface area contributed by atoms with Crippen molar-refractivity contribution >= 4 is 17.2 Å². The largest absolute Gasteiger partial charge is 0.485 e. The van der Waals surface area contributed by atoms with Gasteiger partial charge in [0.1, 0.15) is 6.61 Å². The van der Waals surface area contributed by atoms with Crippen LogP contribution < -0.4 is 16.2 Å². The average Bonchev–Trinajstić information content (AvgIpc) is 3.52. The Morgan fingerprint density at radius 3 is 2.69 bits per heavy atom. The van der Waals surface area contributed by atoms with E-state index in [0.29, 0.717) is 36.1 Å². The van der Waals surface area contributed by atoms with Crippen LogP contribution >= 0.6 is 11.3 Å². The summed E-state index contributed by atoms with van der Waals surface area (Å²) in [6, 6.07) is 10.5. The Labute approximate surface area is 193 Å². The fraction of sp³-hybridized carbons (Fsp3) is 0.385. The van der Waals surface area contributed by atoms with Crippen LogP contribution in [0.5, 0.6) is 5.75 Å². The van der Waals surface area contributed by atoms with E-state index in [0.717, 1.165) is 47.3 Å². The lowest BCUT2D eigenvalue weighted by Crippen LogP contribution is -2.25. The van der Waals surface area contributed by atoms with E-state index in [1.807, 2.05) is 30.5 Å². The molecule has 2 aromatic heterocycles. The van der Waals surface area contributed by atoms with E-state index in [-0.39, 0.29) is 0 Å². The first-order valence-electron chi connectivity index (χ1n) is 11.3. The molecule has 0 atom stereocenters. The quantitative estimate of drug-likeness (QED) is 0.534. The Kier molecular flexibility index (Phi) is 6.11. The van der Waals surface area contributed by atoms with Crippen molar-refractivity contribution in [3.05, 3.63) is 58.9 Å². The average molecular weight is 445 g/mol. The van der Waals surface area contributed by atoms with Gasteiger partial charge in [-0.25, -0.2) is 9.97 Å². The molecule has 5 nitrogen and oxygen atoms in total. The monoisotopic (exact) mass is 444 g/mol. The van der Waals surface area contributed by atoms with Gasteiger partial charge >= 0.3 is 0 Å². The maximum atomic E-state index is 6.10. The molecule has 0 radical (unpaired) electrons. The summed E-state index contributed by atoms with van der Waals surface area (Å²) in [7, 11) is 0. The second-order valence-electron chi connectivity index (χ2n) is 8.81. The third-order valence-electron chi connectivity index (χ3n) is 6.13. The van der Waals surface area contributed by atoms with Gasteiger partial charge in [0.05, 0.1) is 9.88 Å². The molecule has 2 fully saturated rings. The fourth-order valence-corrected chi connectivity index (χ4v) is 5.06. The number of benzene rings is 1. The number of hydrogen-bond acceptors (Lipinski definition) is 6. The van der Waals surface area contributed by atoms with Crippen LogP contribution in [0.3, 0.4) is 0 Å². The molecule has 0 amide bonds. The molecule has 0 bridgehead atoms. The highest BCUT2D eigenvalue weighted by atomic mass is 32.1. The van der Waals surface area contributed by atoms with E-state index < -0.39 is 0 Å². The molecule has 32 heavy (non-hydrogen) atoms. The number of hydrogen-bond donors (Lipinski definition) is 2. The number of anilines is 1. The second-order valence-corrected chi connectivity index (χ2v) is 9.88. The van der Waals surface area contributed by atoms with Crippen molar-refractivity contribution in [3.8, 4) is 28.0 Å². The van der Waals surface area contributed by atoms with Crippen molar-refractivity contribution in [1.82, 2.24) is 9.97 Å². The van der Waals surface area contributed by atoms with Gasteiger partial charge in [-0.3, -0.25) is 0 Å². The van der Waals surface area contributed by atoms with Gasteiger partial charge in [0, 0.05) is 41.4 Å². The number of ether oxygens (including phenoxy) is 1. The van der Waals surface area contributed by atoms with Gasteiger partial charge in [0.25, 0.3) is 0 Å². The van der Waals surface area contributed by atoms with Crippen molar-refractivity contribution in [3.63, 3.8) is 0 Å². The van der Waals surface area contributed by atoms with Crippen molar-refractivity contribution in [2.75, 3.05) is 5.73 Å². The summed E-state index contributed by atoms with van der Waals surface area (Å²) < 4.78 is 6.05. The standard InChI is InChI=1S/C26H28N4OS/c27-22-10-8-20(9-11-22)26-30-15-24(32-26)21-13-23(25(28)29-14-21)31-16-19-3-1-2-18(12-19)7-6-17-4-5-17/h1-3,12-15,17,20,22H,4-5,8-11,16,27H2,(H2,28,29). The van der Waals surface area contributed by atoms with Crippen LogP contribution in [0, 0.1) is 17.8 Å². The smallest absolute Gasteiger partial charge is 0.166 e. The summed E-state index contributed by atoms with van der Waals surface area (Å²) in [4.78, 5) is 10.1. The molecule has 2 aliphatic rings. The zero-order valence-electron chi connectivity index (χ0n) is 18.1. The van der Waals surface area contributed by atoms with E-state index in [1.54, 1.807) is 17.5 Å². The van der Waals surface area contributed by atoms with Crippen molar-refractivity contribution in [2.45, 2.75) is 57.1 Å². The highest BCUT2D eigenvalue weighted by Gasteiger charge is 2.23. The van der Waals surface area contributed by atoms with E-state index in [4.69, 9.17) is 21.2 Å². The molecule has 6 heteroatoms. The van der Waals surface area contributed by atoms with E-state index in [1.165, 1.54) is 17.8 Å². The molecular weight excluding hydrogens is 416 g/mol. The van der Waals surface area contributed by atoms with E-state index in [2.05, 4.69) is 22.9 Å². The Morgan fingerprint density at radius 1 is 1.03 bits per heavy atom. The fourth-order valence-electron chi connectivity index (χ4n) is 3.99. The lowest BCUT2D eigenvalue weighted by Gasteiger charge is -2.24. The van der Waals surface area contributed by atoms with Crippen molar-refractivity contribution in [1.29, 1.82) is 0 Å². The minimum atomic E-state index is 0.345. The summed E-state index contributed by atoms with van der Waals surface area (Å²) in [5.74, 6) is 8.66. The molecule has 4 N–H and O–H groups in total. The van der Waals surface area contributed by atoms with Crippen LogP contribution in [-0.4, -0.2) is 16.0 Å². The predicted molar refractivity (Wildman–Crippen MR) is 129 cm³/mol. The van der Waals surface area contributed by atoms with Gasteiger partial charge < -0.3 is 16.2 Å². The minimum Gasteiger partial charge on any atom is -0.485 e. The van der Waals surface area contributed by atoms with Crippen LogP contribution in [0.2, 0.25) is 0 Å². The Balaban J connectivity index is 1.27. The van der Waals surface area contributed by atoms with Gasteiger partial charge in [0.2, 0.25) is 0 Å². The van der Waals surface area contributed by atoms with Gasteiger partial charge in [-0.15, -0.1) is 11.3 Å². The SMILES string of the molecule is Nc1ncc(-c2cnc(C3CCC(N)CC3)s2)cc1OCc1cccc(C#CC2CC2)c1. The molecule has 0 aliphatic heterocycles. The van der Waals surface area contributed by atoms with Crippen molar-refractivity contribution in [2.24, 2.45) is 11.7 Å². The summed E-state index contributed by atoms with van der Waals surface area (Å²) in [6.07, 6.45) is 10.6. The van der Waals surface area contributed by atoms with Crippen LogP contribution in [0.1, 0.15) is 60.6 Å². The van der Waals surface area contributed by atoms with Gasteiger partial charge in [-0.05, 0) is 62.3 Å². The highest BCUT2D eigenvalue weighted by molar-refractivity contribution is 7.15. The predicted octanol–water partition coefficient (Wildman–Crippen LogP) is 5.11. The Morgan fingerprint density at radius 2 is 1.88 bits per heavy atom. The first-order chi connectivity index (χ1) is 15.6. The first-order valence-corrected chi connectivity index (χ1v) is 12.2. The topological polar surface area (TPSA) is 87.0 Å². The lowest BCUT2D eigenvalue weighted by atomic mass is 9.87. The van der Waals surface area contributed by atoms with Crippen LogP contribution in [0.25, 0.3) is 10.4 Å². The van der Waals surface area contributed by atoms with Gasteiger partial charge in [-0.1, -0.05) is 24.0 Å². The molecule has 3 aromatic rings. The van der Waals surface area contributed by atoms with Crippen LogP contribution in [-0.2, 0) is 6.61 Å². The normalized spacial score (nSPS) is 20.4. The zero-order chi connectivity index (χ0) is 21.9. The van der Waals surface area contributed by atoms with Crippen LogP contribution in [0.4, 0.5) is 5.82 Å². The van der Waals surface area contributed by atoms with Gasteiger partial charge in [0.15, 0.2) is 11.6 Å². The minimum absolute atomic E-state index is 0.345. The number of nitrogens with two attached hydrogens (primary N) is 2. The number of nitrogens with zero attached hydrogens (tertiary/aromatic N) is 2. The second kappa shape index (κ2) is 9.32. The number of thiazole rings is 1. The molecule has 2 saturated carbocycles. The molecule has 2 heterocycles.